The molecule has 0 atom stereocenters. The predicted octanol–water partition coefficient (Wildman–Crippen LogP) is 4.82. The summed E-state index contributed by atoms with van der Waals surface area (Å²) in [6.45, 7) is 6.31. The first-order chi connectivity index (χ1) is 11.7. The van der Waals surface area contributed by atoms with Crippen molar-refractivity contribution in [3.63, 3.8) is 0 Å². The number of halogens is 2. The summed E-state index contributed by atoms with van der Waals surface area (Å²) in [5, 5.41) is 1.26. The zero-order chi connectivity index (χ0) is 16.8. The molecule has 0 saturated carbocycles. The molecule has 2 nitrogen and oxygen atoms in total. The highest BCUT2D eigenvalue weighted by Crippen LogP contribution is 2.23. The van der Waals surface area contributed by atoms with Gasteiger partial charge in [-0.3, -0.25) is 9.80 Å². The normalized spacial score (nSPS) is 16.8. The summed E-state index contributed by atoms with van der Waals surface area (Å²) in [5.74, 6) is 0. The maximum atomic E-state index is 6.10. The molecule has 24 heavy (non-hydrogen) atoms. The quantitative estimate of drug-likeness (QED) is 0.753. The van der Waals surface area contributed by atoms with E-state index < -0.39 is 0 Å². The van der Waals surface area contributed by atoms with E-state index in [9.17, 15) is 0 Å². The van der Waals surface area contributed by atoms with Crippen LogP contribution in [-0.2, 0) is 6.54 Å². The largest absolute Gasteiger partial charge is 0.297 e. The van der Waals surface area contributed by atoms with E-state index in [1.807, 2.05) is 18.2 Å². The molecule has 4 heteroatoms. The lowest BCUT2D eigenvalue weighted by Crippen LogP contribution is -2.45. The van der Waals surface area contributed by atoms with E-state index in [2.05, 4.69) is 52.3 Å². The second-order valence-electron chi connectivity index (χ2n) is 6.14. The Morgan fingerprint density at radius 2 is 1.54 bits per heavy atom. The fourth-order valence-electron chi connectivity index (χ4n) is 2.93. The standard InChI is InChI=1S/C20H22Cl2N2/c21-19-9-8-18(15-20(19)22)16-24-13-11-23(12-14-24)10-4-7-17-5-2-1-3-6-17/h1-9,15H,10-14,16H2. The molecule has 0 aliphatic carbocycles. The Hall–Kier alpha value is -1.32. The van der Waals surface area contributed by atoms with Crippen molar-refractivity contribution in [3.05, 3.63) is 75.8 Å². The first-order valence-corrected chi connectivity index (χ1v) is 9.06. The van der Waals surface area contributed by atoms with Gasteiger partial charge in [-0.15, -0.1) is 0 Å². The summed E-state index contributed by atoms with van der Waals surface area (Å²) in [6, 6.07) is 16.4. The summed E-state index contributed by atoms with van der Waals surface area (Å²) >= 11 is 12.1. The van der Waals surface area contributed by atoms with Crippen LogP contribution in [0.5, 0.6) is 0 Å². The van der Waals surface area contributed by atoms with E-state index in [0.717, 1.165) is 39.3 Å². The average Bonchev–Trinajstić information content (AvgIpc) is 2.61. The van der Waals surface area contributed by atoms with Gasteiger partial charge in [-0.25, -0.2) is 0 Å². The third-order valence-corrected chi connectivity index (χ3v) is 5.07. The van der Waals surface area contributed by atoms with Crippen LogP contribution in [0, 0.1) is 0 Å². The van der Waals surface area contributed by atoms with Crippen LogP contribution in [0.15, 0.2) is 54.6 Å². The Morgan fingerprint density at radius 1 is 0.833 bits per heavy atom. The summed E-state index contributed by atoms with van der Waals surface area (Å²) in [5.41, 5.74) is 2.48. The van der Waals surface area contributed by atoms with Gasteiger partial charge in [0.1, 0.15) is 0 Å². The molecular formula is C20H22Cl2N2. The Balaban J connectivity index is 1.44. The van der Waals surface area contributed by atoms with Crippen molar-refractivity contribution < 1.29 is 0 Å². The number of nitrogens with zero attached hydrogens (tertiary/aromatic N) is 2. The molecule has 0 radical (unpaired) electrons. The Labute approximate surface area is 154 Å². The molecule has 2 aromatic carbocycles. The Bertz CT molecular complexity index is 677. The molecule has 2 aromatic rings. The van der Waals surface area contributed by atoms with E-state index in [0.29, 0.717) is 10.0 Å². The second-order valence-corrected chi connectivity index (χ2v) is 6.95. The van der Waals surface area contributed by atoms with Crippen molar-refractivity contribution in [2.24, 2.45) is 0 Å². The molecule has 1 aliphatic rings. The Morgan fingerprint density at radius 3 is 2.25 bits per heavy atom. The molecule has 1 aliphatic heterocycles. The maximum Gasteiger partial charge on any atom is 0.0595 e. The van der Waals surface area contributed by atoms with E-state index >= 15 is 0 Å². The first-order valence-electron chi connectivity index (χ1n) is 8.31. The minimum Gasteiger partial charge on any atom is -0.297 e. The molecule has 1 saturated heterocycles. The van der Waals surface area contributed by atoms with Gasteiger partial charge < -0.3 is 0 Å². The van der Waals surface area contributed by atoms with Crippen molar-refractivity contribution in [1.29, 1.82) is 0 Å². The summed E-state index contributed by atoms with van der Waals surface area (Å²) in [6.07, 6.45) is 4.45. The van der Waals surface area contributed by atoms with Gasteiger partial charge in [0.2, 0.25) is 0 Å². The number of hydrogen-bond donors (Lipinski definition) is 0. The summed E-state index contributed by atoms with van der Waals surface area (Å²) in [7, 11) is 0. The highest BCUT2D eigenvalue weighted by Gasteiger charge is 2.16. The molecule has 0 amide bonds. The lowest BCUT2D eigenvalue weighted by molar-refractivity contribution is 0.137. The SMILES string of the molecule is Clc1ccc(CN2CCN(CC=Cc3ccccc3)CC2)cc1Cl. The molecule has 3 rings (SSSR count). The lowest BCUT2D eigenvalue weighted by Gasteiger charge is -2.34. The molecule has 0 spiro atoms. The fraction of sp³-hybridized carbons (Fsp3) is 0.300. The molecule has 1 heterocycles. The molecule has 126 valence electrons. The van der Waals surface area contributed by atoms with E-state index in [-0.39, 0.29) is 0 Å². The van der Waals surface area contributed by atoms with Gasteiger partial charge in [0.15, 0.2) is 0 Å². The van der Waals surface area contributed by atoms with Crippen LogP contribution in [0.2, 0.25) is 10.0 Å². The molecular weight excluding hydrogens is 339 g/mol. The highest BCUT2D eigenvalue weighted by molar-refractivity contribution is 6.42. The highest BCUT2D eigenvalue weighted by atomic mass is 35.5. The van der Waals surface area contributed by atoms with Crippen LogP contribution in [0.4, 0.5) is 0 Å². The van der Waals surface area contributed by atoms with Gasteiger partial charge in [-0.05, 0) is 23.3 Å². The molecule has 0 aromatic heterocycles. The number of hydrogen-bond acceptors (Lipinski definition) is 2. The van der Waals surface area contributed by atoms with E-state index in [1.165, 1.54) is 11.1 Å². The van der Waals surface area contributed by atoms with Crippen LogP contribution in [0.1, 0.15) is 11.1 Å². The van der Waals surface area contributed by atoms with Crippen LogP contribution in [-0.4, -0.2) is 42.5 Å². The molecule has 1 fully saturated rings. The average molecular weight is 361 g/mol. The maximum absolute atomic E-state index is 6.10. The minimum absolute atomic E-state index is 0.621. The van der Waals surface area contributed by atoms with Crippen molar-refractivity contribution in [1.82, 2.24) is 9.80 Å². The third-order valence-electron chi connectivity index (χ3n) is 4.33. The first kappa shape index (κ1) is 17.5. The zero-order valence-electron chi connectivity index (χ0n) is 13.7. The van der Waals surface area contributed by atoms with Crippen molar-refractivity contribution in [2.45, 2.75) is 6.54 Å². The van der Waals surface area contributed by atoms with Crippen LogP contribution < -0.4 is 0 Å². The topological polar surface area (TPSA) is 6.48 Å². The minimum atomic E-state index is 0.621. The monoisotopic (exact) mass is 360 g/mol. The van der Waals surface area contributed by atoms with Gasteiger partial charge in [-0.2, -0.15) is 0 Å². The van der Waals surface area contributed by atoms with Gasteiger partial charge >= 0.3 is 0 Å². The smallest absolute Gasteiger partial charge is 0.0595 e. The van der Waals surface area contributed by atoms with Gasteiger partial charge in [0.05, 0.1) is 10.0 Å². The number of benzene rings is 2. The predicted molar refractivity (Wildman–Crippen MR) is 104 cm³/mol. The zero-order valence-corrected chi connectivity index (χ0v) is 15.2. The van der Waals surface area contributed by atoms with Crippen molar-refractivity contribution in [3.8, 4) is 0 Å². The molecule has 0 bridgehead atoms. The van der Waals surface area contributed by atoms with Crippen LogP contribution in [0.3, 0.4) is 0 Å². The van der Waals surface area contributed by atoms with E-state index in [4.69, 9.17) is 23.2 Å². The van der Waals surface area contributed by atoms with Crippen molar-refractivity contribution >= 4 is 29.3 Å². The molecule has 0 unspecified atom stereocenters. The van der Waals surface area contributed by atoms with Crippen molar-refractivity contribution in [2.75, 3.05) is 32.7 Å². The van der Waals surface area contributed by atoms with Gasteiger partial charge in [0.25, 0.3) is 0 Å². The second kappa shape index (κ2) is 8.68. The van der Waals surface area contributed by atoms with E-state index in [1.54, 1.807) is 0 Å². The third kappa shape index (κ3) is 5.09. The van der Waals surface area contributed by atoms with Crippen LogP contribution in [0.25, 0.3) is 6.08 Å². The lowest BCUT2D eigenvalue weighted by atomic mass is 10.2. The van der Waals surface area contributed by atoms with Gasteiger partial charge in [0, 0.05) is 39.3 Å². The summed E-state index contributed by atoms with van der Waals surface area (Å²) in [4.78, 5) is 4.96. The van der Waals surface area contributed by atoms with Crippen LogP contribution >= 0.6 is 23.2 Å². The molecule has 0 N–H and O–H groups in total. The Kier molecular flexibility index (Phi) is 6.33. The summed E-state index contributed by atoms with van der Waals surface area (Å²) < 4.78 is 0. The van der Waals surface area contributed by atoms with Gasteiger partial charge in [-0.1, -0.05) is 71.8 Å². The number of piperazine rings is 1. The fourth-order valence-corrected chi connectivity index (χ4v) is 3.25. The number of rotatable bonds is 5.